The highest BCUT2D eigenvalue weighted by Gasteiger charge is 2.45. The van der Waals surface area contributed by atoms with E-state index >= 15 is 0 Å². The molecule has 1 aromatic heterocycles. The zero-order chi connectivity index (χ0) is 20.5. The molecule has 3 unspecified atom stereocenters. The average Bonchev–Trinajstić information content (AvgIpc) is 3.31. The Labute approximate surface area is 176 Å². The van der Waals surface area contributed by atoms with Gasteiger partial charge in [-0.3, -0.25) is 14.5 Å². The Hall–Kier alpha value is -2.18. The van der Waals surface area contributed by atoms with Crippen molar-refractivity contribution in [1.82, 2.24) is 10.2 Å². The van der Waals surface area contributed by atoms with Crippen molar-refractivity contribution in [2.45, 2.75) is 51.2 Å². The third-order valence-corrected chi connectivity index (χ3v) is 7.14. The van der Waals surface area contributed by atoms with E-state index < -0.39 is 0 Å². The number of nitrogens with one attached hydrogen (secondary N) is 1. The number of likely N-dealkylation sites (N-methyl/N-ethyl adjacent to an activating group) is 1. The smallest absolute Gasteiger partial charge is 0.228 e. The maximum atomic E-state index is 13.1. The third-order valence-electron chi connectivity index (χ3n) is 6.20. The van der Waals surface area contributed by atoms with Crippen LogP contribution in [0.4, 0.5) is 5.69 Å². The number of carbonyl (C=O) groups is 2. The van der Waals surface area contributed by atoms with E-state index in [2.05, 4.69) is 24.2 Å². The molecule has 2 fully saturated rings. The van der Waals surface area contributed by atoms with Crippen molar-refractivity contribution in [2.24, 2.45) is 5.92 Å². The highest BCUT2D eigenvalue weighted by molar-refractivity contribution is 7.10. The Balaban J connectivity index is 1.53. The van der Waals surface area contributed by atoms with Gasteiger partial charge in [-0.2, -0.15) is 0 Å². The van der Waals surface area contributed by atoms with Gasteiger partial charge in [0, 0.05) is 35.6 Å². The minimum absolute atomic E-state index is 0.00977. The standard InChI is InChI=1S/C23H29N3O2S/c1-15-6-8-18(9-7-15)26-21(27)13-19(22(26)20-5-4-12-29-20)23(28)24-14-16(2)25(3)17-10-11-17/h4-9,12,16-17,19,22H,10-11,13-14H2,1-3H3,(H,24,28). The molecule has 4 rings (SSSR count). The van der Waals surface area contributed by atoms with Crippen LogP contribution in [0, 0.1) is 12.8 Å². The number of benzene rings is 1. The van der Waals surface area contributed by atoms with Crippen molar-refractivity contribution in [1.29, 1.82) is 0 Å². The van der Waals surface area contributed by atoms with E-state index in [4.69, 9.17) is 0 Å². The summed E-state index contributed by atoms with van der Waals surface area (Å²) in [6.45, 7) is 4.79. The average molecular weight is 412 g/mol. The fourth-order valence-electron chi connectivity index (χ4n) is 4.13. The van der Waals surface area contributed by atoms with Crippen molar-refractivity contribution in [3.05, 3.63) is 52.2 Å². The molecule has 2 aliphatic rings. The highest BCUT2D eigenvalue weighted by atomic mass is 32.1. The lowest BCUT2D eigenvalue weighted by molar-refractivity contribution is -0.127. The molecule has 2 aromatic rings. The molecule has 1 N–H and O–H groups in total. The summed E-state index contributed by atoms with van der Waals surface area (Å²) >= 11 is 1.60. The van der Waals surface area contributed by atoms with E-state index in [1.165, 1.54) is 12.8 Å². The van der Waals surface area contributed by atoms with E-state index in [1.54, 1.807) is 11.3 Å². The van der Waals surface area contributed by atoms with Crippen LogP contribution in [0.15, 0.2) is 41.8 Å². The Bertz CT molecular complexity index is 861. The van der Waals surface area contributed by atoms with Crippen LogP contribution in [0.2, 0.25) is 0 Å². The molecule has 1 saturated carbocycles. The van der Waals surface area contributed by atoms with E-state index in [0.29, 0.717) is 12.6 Å². The second kappa shape index (κ2) is 8.28. The summed E-state index contributed by atoms with van der Waals surface area (Å²) < 4.78 is 0. The number of aryl methyl sites for hydroxylation is 1. The molecule has 3 atom stereocenters. The lowest BCUT2D eigenvalue weighted by Gasteiger charge is -2.28. The number of thiophene rings is 1. The normalized spacial score (nSPS) is 22.9. The number of anilines is 1. The van der Waals surface area contributed by atoms with Crippen LogP contribution in [-0.2, 0) is 9.59 Å². The molecule has 0 bridgehead atoms. The lowest BCUT2D eigenvalue weighted by Crippen LogP contribution is -2.43. The number of rotatable bonds is 7. The van der Waals surface area contributed by atoms with E-state index in [-0.39, 0.29) is 36.2 Å². The molecular formula is C23H29N3O2S. The largest absolute Gasteiger partial charge is 0.354 e. The maximum absolute atomic E-state index is 13.1. The summed E-state index contributed by atoms with van der Waals surface area (Å²) in [5.74, 6) is -0.390. The fraction of sp³-hybridized carbons (Fsp3) is 0.478. The molecule has 1 aliphatic carbocycles. The van der Waals surface area contributed by atoms with Crippen LogP contribution in [0.1, 0.15) is 42.7 Å². The topological polar surface area (TPSA) is 52.7 Å². The number of carbonyl (C=O) groups excluding carboxylic acids is 2. The van der Waals surface area contributed by atoms with Crippen LogP contribution < -0.4 is 10.2 Å². The van der Waals surface area contributed by atoms with Crippen molar-refractivity contribution in [3.63, 3.8) is 0 Å². The van der Waals surface area contributed by atoms with Gasteiger partial charge in [0.05, 0.1) is 12.0 Å². The van der Waals surface area contributed by atoms with Crippen molar-refractivity contribution in [2.75, 3.05) is 18.5 Å². The summed E-state index contributed by atoms with van der Waals surface area (Å²) in [4.78, 5) is 31.3. The van der Waals surface area contributed by atoms with Gasteiger partial charge in [-0.25, -0.2) is 0 Å². The van der Waals surface area contributed by atoms with Gasteiger partial charge < -0.3 is 10.2 Å². The van der Waals surface area contributed by atoms with Crippen LogP contribution in [0.5, 0.6) is 0 Å². The number of hydrogen-bond donors (Lipinski definition) is 1. The van der Waals surface area contributed by atoms with Crippen LogP contribution >= 0.6 is 11.3 Å². The first kappa shape index (κ1) is 20.1. The van der Waals surface area contributed by atoms with Gasteiger partial charge in [0.15, 0.2) is 0 Å². The zero-order valence-electron chi connectivity index (χ0n) is 17.3. The molecule has 5 nitrogen and oxygen atoms in total. The number of hydrogen-bond acceptors (Lipinski definition) is 4. The molecule has 2 amide bonds. The van der Waals surface area contributed by atoms with Gasteiger partial charge in [0.25, 0.3) is 0 Å². The molecule has 1 aliphatic heterocycles. The quantitative estimate of drug-likeness (QED) is 0.755. The summed E-state index contributed by atoms with van der Waals surface area (Å²) in [6, 6.07) is 12.7. The molecular weight excluding hydrogens is 382 g/mol. The first-order chi connectivity index (χ1) is 14.0. The Morgan fingerprint density at radius 3 is 2.62 bits per heavy atom. The van der Waals surface area contributed by atoms with E-state index in [9.17, 15) is 9.59 Å². The molecule has 2 heterocycles. The molecule has 29 heavy (non-hydrogen) atoms. The van der Waals surface area contributed by atoms with Gasteiger partial charge >= 0.3 is 0 Å². The highest BCUT2D eigenvalue weighted by Crippen LogP contribution is 2.43. The second-order valence-corrected chi connectivity index (χ2v) is 9.34. The Morgan fingerprint density at radius 1 is 1.28 bits per heavy atom. The van der Waals surface area contributed by atoms with Crippen molar-refractivity contribution in [3.8, 4) is 0 Å². The predicted molar refractivity (Wildman–Crippen MR) is 117 cm³/mol. The summed E-state index contributed by atoms with van der Waals surface area (Å²) in [5.41, 5.74) is 2.01. The van der Waals surface area contributed by atoms with Crippen LogP contribution in [0.25, 0.3) is 0 Å². The molecule has 0 spiro atoms. The van der Waals surface area contributed by atoms with Crippen molar-refractivity contribution < 1.29 is 9.59 Å². The predicted octanol–water partition coefficient (Wildman–Crippen LogP) is 3.75. The molecule has 154 valence electrons. The molecule has 6 heteroatoms. The number of nitrogens with zero attached hydrogens (tertiary/aromatic N) is 2. The van der Waals surface area contributed by atoms with Gasteiger partial charge in [0.2, 0.25) is 11.8 Å². The van der Waals surface area contributed by atoms with E-state index in [0.717, 1.165) is 16.1 Å². The first-order valence-electron chi connectivity index (χ1n) is 10.4. The first-order valence-corrected chi connectivity index (χ1v) is 11.3. The van der Waals surface area contributed by atoms with Crippen molar-refractivity contribution >= 4 is 28.8 Å². The Morgan fingerprint density at radius 2 is 2.00 bits per heavy atom. The molecule has 1 aromatic carbocycles. The zero-order valence-corrected chi connectivity index (χ0v) is 18.1. The Kier molecular flexibility index (Phi) is 5.74. The summed E-state index contributed by atoms with van der Waals surface area (Å²) in [5, 5.41) is 5.13. The van der Waals surface area contributed by atoms with Gasteiger partial charge in [-0.1, -0.05) is 23.8 Å². The molecule has 1 saturated heterocycles. The minimum atomic E-state index is -0.374. The summed E-state index contributed by atoms with van der Waals surface area (Å²) in [7, 11) is 2.13. The molecule has 0 radical (unpaired) electrons. The summed E-state index contributed by atoms with van der Waals surface area (Å²) in [6.07, 6.45) is 2.74. The second-order valence-electron chi connectivity index (χ2n) is 8.36. The third kappa shape index (κ3) is 4.23. The van der Waals surface area contributed by atoms with Gasteiger partial charge in [-0.15, -0.1) is 11.3 Å². The van der Waals surface area contributed by atoms with Crippen LogP contribution in [-0.4, -0.2) is 42.4 Å². The monoisotopic (exact) mass is 411 g/mol. The van der Waals surface area contributed by atoms with E-state index in [1.807, 2.05) is 53.6 Å². The SMILES string of the molecule is Cc1ccc(N2C(=O)CC(C(=O)NCC(C)N(C)C3CC3)C2c2cccs2)cc1. The maximum Gasteiger partial charge on any atom is 0.228 e. The fourth-order valence-corrected chi connectivity index (χ4v) is 5.01. The minimum Gasteiger partial charge on any atom is -0.354 e. The lowest BCUT2D eigenvalue weighted by atomic mass is 9.97. The number of amides is 2. The van der Waals surface area contributed by atoms with Gasteiger partial charge in [0.1, 0.15) is 0 Å². The van der Waals surface area contributed by atoms with Crippen LogP contribution in [0.3, 0.4) is 0 Å². The van der Waals surface area contributed by atoms with Gasteiger partial charge in [-0.05, 0) is 57.3 Å².